The Morgan fingerprint density at radius 3 is 2.85 bits per heavy atom. The molecule has 0 radical (unpaired) electrons. The fourth-order valence-electron chi connectivity index (χ4n) is 3.11. The number of rotatable bonds is 3. The third-order valence-corrected chi connectivity index (χ3v) is 4.71. The predicted molar refractivity (Wildman–Crippen MR) is 94.8 cm³/mol. The van der Waals surface area contributed by atoms with Gasteiger partial charge in [-0.2, -0.15) is 10.4 Å². The second kappa shape index (κ2) is 6.82. The van der Waals surface area contributed by atoms with Gasteiger partial charge in [0.1, 0.15) is 23.2 Å². The van der Waals surface area contributed by atoms with Crippen molar-refractivity contribution in [3.63, 3.8) is 0 Å². The number of benzene rings is 1. The van der Waals surface area contributed by atoms with Crippen molar-refractivity contribution in [1.29, 1.82) is 5.26 Å². The van der Waals surface area contributed by atoms with Crippen molar-refractivity contribution in [3.8, 4) is 34.9 Å². The second-order valence-electron chi connectivity index (χ2n) is 6.71. The van der Waals surface area contributed by atoms with Crippen LogP contribution in [0.3, 0.4) is 0 Å². The number of nitriles is 1. The number of aryl methyl sites for hydroxylation is 1. The summed E-state index contributed by atoms with van der Waals surface area (Å²) in [7, 11) is 1.72. The van der Waals surface area contributed by atoms with Gasteiger partial charge in [-0.25, -0.2) is 4.39 Å². The van der Waals surface area contributed by atoms with Crippen LogP contribution in [0.25, 0.3) is 11.3 Å². The van der Waals surface area contributed by atoms with Crippen LogP contribution in [-0.2, 0) is 7.05 Å². The van der Waals surface area contributed by atoms with E-state index in [2.05, 4.69) is 28.3 Å². The van der Waals surface area contributed by atoms with E-state index in [0.29, 0.717) is 11.4 Å². The minimum absolute atomic E-state index is 0.104. The van der Waals surface area contributed by atoms with Crippen molar-refractivity contribution in [2.24, 2.45) is 13.0 Å². The third-order valence-electron chi connectivity index (χ3n) is 4.71. The van der Waals surface area contributed by atoms with Gasteiger partial charge in [0, 0.05) is 31.8 Å². The summed E-state index contributed by atoms with van der Waals surface area (Å²) in [5.74, 6) is 6.25. The van der Waals surface area contributed by atoms with Crippen LogP contribution in [0.5, 0.6) is 5.75 Å². The molecular weight excluding hydrogens is 331 g/mol. The van der Waals surface area contributed by atoms with E-state index in [-0.39, 0.29) is 28.7 Å². The molecule has 2 aliphatic rings. The Morgan fingerprint density at radius 1 is 1.38 bits per heavy atom. The van der Waals surface area contributed by atoms with Crippen LogP contribution < -0.4 is 10.1 Å². The highest BCUT2D eigenvalue weighted by molar-refractivity contribution is 5.74. The first-order valence-corrected chi connectivity index (χ1v) is 8.81. The zero-order valence-electron chi connectivity index (χ0n) is 14.6. The Bertz CT molecular complexity index is 937. The van der Waals surface area contributed by atoms with E-state index >= 15 is 4.39 Å². The molecule has 1 saturated heterocycles. The number of hydrogen-bond acceptors (Lipinski definition) is 4. The van der Waals surface area contributed by atoms with E-state index in [0.717, 1.165) is 32.4 Å². The Balaban J connectivity index is 1.86. The highest BCUT2D eigenvalue weighted by Gasteiger charge is 2.28. The molecule has 1 atom stereocenters. The number of nitrogens with zero attached hydrogens (tertiary/aromatic N) is 3. The molecule has 1 aliphatic carbocycles. The molecule has 1 saturated carbocycles. The normalized spacial score (nSPS) is 18.9. The van der Waals surface area contributed by atoms with Crippen molar-refractivity contribution in [2.75, 3.05) is 13.1 Å². The molecule has 26 heavy (non-hydrogen) atoms. The van der Waals surface area contributed by atoms with Gasteiger partial charge in [0.25, 0.3) is 0 Å². The number of aromatic nitrogens is 2. The Hall–Kier alpha value is -2.83. The van der Waals surface area contributed by atoms with Crippen LogP contribution >= 0.6 is 0 Å². The molecular formula is C20H19FN4O. The molecule has 2 aromatic rings. The molecule has 132 valence electrons. The van der Waals surface area contributed by atoms with Crippen LogP contribution in [0.15, 0.2) is 18.3 Å². The van der Waals surface area contributed by atoms with Gasteiger partial charge in [0.2, 0.25) is 0 Å². The average molecular weight is 350 g/mol. The highest BCUT2D eigenvalue weighted by Crippen LogP contribution is 2.37. The maximum atomic E-state index is 15.3. The lowest BCUT2D eigenvalue weighted by Crippen LogP contribution is -2.08. The molecule has 5 nitrogen and oxygen atoms in total. The predicted octanol–water partition coefficient (Wildman–Crippen LogP) is 2.60. The van der Waals surface area contributed by atoms with Gasteiger partial charge >= 0.3 is 0 Å². The molecule has 0 spiro atoms. The van der Waals surface area contributed by atoms with Crippen molar-refractivity contribution >= 4 is 0 Å². The molecule has 0 bridgehead atoms. The van der Waals surface area contributed by atoms with Gasteiger partial charge < -0.3 is 10.1 Å². The topological polar surface area (TPSA) is 62.9 Å². The number of halogens is 1. The van der Waals surface area contributed by atoms with E-state index in [4.69, 9.17) is 4.74 Å². The molecule has 2 heterocycles. The van der Waals surface area contributed by atoms with E-state index in [9.17, 15) is 5.26 Å². The molecule has 0 amide bonds. The standard InChI is InChI=1S/C20H19FN4O/c1-25-17(7-9-24-25)19-16(11-22)18(26-15-4-5-15)10-14(20(19)21)3-2-13-6-8-23-12-13/h7,9-10,13,15,23H,4-6,8,12H2,1H3. The lowest BCUT2D eigenvalue weighted by molar-refractivity contribution is 0.302. The molecule has 4 rings (SSSR count). The van der Waals surface area contributed by atoms with Gasteiger partial charge in [-0.05, 0) is 31.9 Å². The van der Waals surface area contributed by atoms with E-state index in [1.54, 1.807) is 30.1 Å². The molecule has 1 N–H and O–H groups in total. The third kappa shape index (κ3) is 3.16. The quantitative estimate of drug-likeness (QED) is 0.865. The summed E-state index contributed by atoms with van der Waals surface area (Å²) < 4.78 is 22.8. The maximum absolute atomic E-state index is 15.3. The van der Waals surface area contributed by atoms with Crippen LogP contribution in [0.1, 0.15) is 30.4 Å². The molecule has 1 aromatic carbocycles. The maximum Gasteiger partial charge on any atom is 0.149 e. The smallest absolute Gasteiger partial charge is 0.149 e. The summed E-state index contributed by atoms with van der Waals surface area (Å²) >= 11 is 0. The summed E-state index contributed by atoms with van der Waals surface area (Å²) in [5.41, 5.74) is 1.21. The SMILES string of the molecule is Cn1nccc1-c1c(F)c(C#CC2CCNC2)cc(OC2CC2)c1C#N. The van der Waals surface area contributed by atoms with Crippen LogP contribution in [0.2, 0.25) is 0 Å². The van der Waals surface area contributed by atoms with Gasteiger partial charge in [-0.1, -0.05) is 11.8 Å². The second-order valence-corrected chi connectivity index (χ2v) is 6.71. The zero-order valence-corrected chi connectivity index (χ0v) is 14.6. The van der Waals surface area contributed by atoms with Crippen molar-refractivity contribution in [3.05, 3.63) is 35.3 Å². The first-order valence-electron chi connectivity index (χ1n) is 8.81. The highest BCUT2D eigenvalue weighted by atomic mass is 19.1. The van der Waals surface area contributed by atoms with Crippen LogP contribution in [0, 0.1) is 34.9 Å². The minimum Gasteiger partial charge on any atom is -0.489 e. The van der Waals surface area contributed by atoms with Gasteiger partial charge in [-0.3, -0.25) is 4.68 Å². The molecule has 1 aromatic heterocycles. The number of hydrogen-bond donors (Lipinski definition) is 1. The van der Waals surface area contributed by atoms with Gasteiger partial charge in [-0.15, -0.1) is 0 Å². The summed E-state index contributed by atoms with van der Waals surface area (Å²) in [6, 6.07) is 5.38. The molecule has 1 aliphatic heterocycles. The lowest BCUT2D eigenvalue weighted by Gasteiger charge is -2.14. The molecule has 2 fully saturated rings. The fourth-order valence-corrected chi connectivity index (χ4v) is 3.11. The van der Waals surface area contributed by atoms with Gasteiger partial charge in [0.05, 0.1) is 22.9 Å². The number of ether oxygens (including phenoxy) is 1. The zero-order chi connectivity index (χ0) is 18.1. The summed E-state index contributed by atoms with van der Waals surface area (Å²) in [6.07, 6.45) is 4.56. The first kappa shape index (κ1) is 16.6. The largest absolute Gasteiger partial charge is 0.489 e. The van der Waals surface area contributed by atoms with Crippen molar-refractivity contribution in [1.82, 2.24) is 15.1 Å². The first-order chi connectivity index (χ1) is 12.7. The summed E-state index contributed by atoms with van der Waals surface area (Å²) in [5, 5.41) is 17.0. The number of nitrogens with one attached hydrogen (secondary N) is 1. The van der Waals surface area contributed by atoms with E-state index in [1.165, 1.54) is 0 Å². The summed E-state index contributed by atoms with van der Waals surface area (Å²) in [6.45, 7) is 1.76. The molecule has 1 unspecified atom stereocenters. The Labute approximate surface area is 151 Å². The van der Waals surface area contributed by atoms with Crippen LogP contribution in [-0.4, -0.2) is 29.0 Å². The van der Waals surface area contributed by atoms with Crippen molar-refractivity contribution < 1.29 is 9.13 Å². The van der Waals surface area contributed by atoms with E-state index < -0.39 is 5.82 Å². The lowest BCUT2D eigenvalue weighted by atomic mass is 9.99. The Morgan fingerprint density at radius 2 is 2.23 bits per heavy atom. The van der Waals surface area contributed by atoms with Crippen LogP contribution in [0.4, 0.5) is 4.39 Å². The van der Waals surface area contributed by atoms with Crippen molar-refractivity contribution in [2.45, 2.75) is 25.4 Å². The monoisotopic (exact) mass is 350 g/mol. The molecule has 6 heteroatoms. The average Bonchev–Trinajstić information content (AvgIpc) is 3.11. The fraction of sp³-hybridized carbons (Fsp3) is 0.400. The Kier molecular flexibility index (Phi) is 4.36. The minimum atomic E-state index is -0.494. The van der Waals surface area contributed by atoms with Gasteiger partial charge in [0.15, 0.2) is 0 Å². The van der Waals surface area contributed by atoms with E-state index in [1.807, 2.05) is 0 Å². The summed E-state index contributed by atoms with van der Waals surface area (Å²) in [4.78, 5) is 0.